The summed E-state index contributed by atoms with van der Waals surface area (Å²) in [6, 6.07) is 12.8. The highest BCUT2D eigenvalue weighted by Gasteiger charge is 2.13. The van der Waals surface area contributed by atoms with Gasteiger partial charge in [-0.1, -0.05) is 61.8 Å². The van der Waals surface area contributed by atoms with Crippen LogP contribution in [0.4, 0.5) is 4.39 Å². The summed E-state index contributed by atoms with van der Waals surface area (Å²) in [6.45, 7) is 3.96. The van der Waals surface area contributed by atoms with Gasteiger partial charge in [0.15, 0.2) is 0 Å². The van der Waals surface area contributed by atoms with Gasteiger partial charge in [-0.05, 0) is 17.5 Å². The summed E-state index contributed by atoms with van der Waals surface area (Å²) in [5, 5.41) is 0.576. The quantitative estimate of drug-likeness (QED) is 0.679. The van der Waals surface area contributed by atoms with Crippen LogP contribution in [0, 0.1) is 5.82 Å². The Kier molecular flexibility index (Phi) is 3.49. The Hall–Kier alpha value is -1.34. The molecular weight excluding hydrogens is 235 g/mol. The minimum absolute atomic E-state index is 0.164. The Bertz CT molecular complexity index is 532. The Morgan fingerprint density at radius 1 is 0.941 bits per heavy atom. The summed E-state index contributed by atoms with van der Waals surface area (Å²) in [5.74, 6) is -0.00645. The number of hydrogen-bond donors (Lipinski definition) is 0. The van der Waals surface area contributed by atoms with E-state index in [9.17, 15) is 4.39 Å². The topological polar surface area (TPSA) is 0 Å². The van der Waals surface area contributed by atoms with E-state index in [2.05, 4.69) is 0 Å². The van der Waals surface area contributed by atoms with Gasteiger partial charge < -0.3 is 0 Å². The van der Waals surface area contributed by atoms with Gasteiger partial charge in [0.1, 0.15) is 5.82 Å². The molecule has 2 rings (SSSR count). The molecule has 2 aromatic rings. The summed E-state index contributed by atoms with van der Waals surface area (Å²) in [7, 11) is 0. The third kappa shape index (κ3) is 2.34. The summed E-state index contributed by atoms with van der Waals surface area (Å²) in [4.78, 5) is 0. The Morgan fingerprint density at radius 3 is 2.24 bits per heavy atom. The molecule has 88 valence electrons. The van der Waals surface area contributed by atoms with Crippen LogP contribution in [0.25, 0.3) is 11.1 Å². The van der Waals surface area contributed by atoms with Crippen LogP contribution in [0.3, 0.4) is 0 Å². The van der Waals surface area contributed by atoms with Gasteiger partial charge in [0.05, 0.1) is 0 Å². The van der Waals surface area contributed by atoms with E-state index in [0.29, 0.717) is 10.6 Å². The van der Waals surface area contributed by atoms with Gasteiger partial charge in [0, 0.05) is 16.1 Å². The smallest absolute Gasteiger partial charge is 0.134 e. The van der Waals surface area contributed by atoms with Crippen LogP contribution in [-0.2, 0) is 0 Å². The maximum absolute atomic E-state index is 14.3. The fourth-order valence-corrected chi connectivity index (χ4v) is 2.12. The summed E-state index contributed by atoms with van der Waals surface area (Å²) in [5.41, 5.74) is 2.04. The van der Waals surface area contributed by atoms with Crippen molar-refractivity contribution in [2.24, 2.45) is 0 Å². The highest BCUT2D eigenvalue weighted by atomic mass is 35.5. The van der Waals surface area contributed by atoms with E-state index in [4.69, 9.17) is 11.6 Å². The van der Waals surface area contributed by atoms with Crippen molar-refractivity contribution in [2.75, 3.05) is 0 Å². The third-order valence-corrected chi connectivity index (χ3v) is 3.14. The van der Waals surface area contributed by atoms with Gasteiger partial charge in [0.25, 0.3) is 0 Å². The molecule has 0 heterocycles. The van der Waals surface area contributed by atoms with Gasteiger partial charge >= 0.3 is 0 Å². The molecule has 0 radical (unpaired) electrons. The molecule has 0 N–H and O–H groups in total. The minimum Gasteiger partial charge on any atom is -0.206 e. The molecule has 0 aliphatic rings. The lowest BCUT2D eigenvalue weighted by Crippen LogP contribution is -1.95. The Labute approximate surface area is 106 Å². The predicted molar refractivity (Wildman–Crippen MR) is 70.9 cm³/mol. The molecule has 0 aromatic heterocycles. The molecule has 2 aromatic carbocycles. The molecule has 0 spiro atoms. The van der Waals surface area contributed by atoms with E-state index in [1.165, 1.54) is 0 Å². The van der Waals surface area contributed by atoms with Crippen LogP contribution in [-0.4, -0.2) is 0 Å². The first kappa shape index (κ1) is 12.1. The molecule has 0 saturated carbocycles. The van der Waals surface area contributed by atoms with Crippen molar-refractivity contribution in [3.05, 3.63) is 58.9 Å². The molecule has 0 nitrogen and oxygen atoms in total. The minimum atomic E-state index is -0.171. The largest absolute Gasteiger partial charge is 0.206 e. The molecule has 0 fully saturated rings. The van der Waals surface area contributed by atoms with E-state index >= 15 is 0 Å². The van der Waals surface area contributed by atoms with E-state index in [0.717, 1.165) is 11.1 Å². The van der Waals surface area contributed by atoms with Crippen molar-refractivity contribution in [1.82, 2.24) is 0 Å². The molecular formula is C15H14ClF. The first-order valence-corrected chi connectivity index (χ1v) is 6.02. The Balaban J connectivity index is 2.61. The molecule has 17 heavy (non-hydrogen) atoms. The maximum atomic E-state index is 14.3. The predicted octanol–water partition coefficient (Wildman–Crippen LogP) is 5.27. The average molecular weight is 249 g/mol. The van der Waals surface area contributed by atoms with Crippen molar-refractivity contribution in [3.8, 4) is 11.1 Å². The second-order valence-electron chi connectivity index (χ2n) is 4.34. The summed E-state index contributed by atoms with van der Waals surface area (Å²) in [6.07, 6.45) is 0. The zero-order valence-corrected chi connectivity index (χ0v) is 10.6. The fraction of sp³-hybridized carbons (Fsp3) is 0.200. The fourth-order valence-electron chi connectivity index (χ4n) is 1.88. The summed E-state index contributed by atoms with van der Waals surface area (Å²) < 4.78 is 14.3. The van der Waals surface area contributed by atoms with Crippen LogP contribution in [0.15, 0.2) is 42.5 Å². The molecule has 0 saturated heterocycles. The normalized spacial score (nSPS) is 10.9. The average Bonchev–Trinajstić information content (AvgIpc) is 2.30. The van der Waals surface area contributed by atoms with Gasteiger partial charge in [-0.25, -0.2) is 4.39 Å². The van der Waals surface area contributed by atoms with Crippen LogP contribution >= 0.6 is 11.6 Å². The Morgan fingerprint density at radius 2 is 1.59 bits per heavy atom. The van der Waals surface area contributed by atoms with Crippen LogP contribution in [0.2, 0.25) is 5.02 Å². The van der Waals surface area contributed by atoms with E-state index < -0.39 is 0 Å². The lowest BCUT2D eigenvalue weighted by molar-refractivity contribution is 0.602. The SMILES string of the molecule is CC(C)c1cccc(-c2ccccc2Cl)c1F. The van der Waals surface area contributed by atoms with E-state index in [1.807, 2.05) is 44.2 Å². The van der Waals surface area contributed by atoms with E-state index in [1.54, 1.807) is 12.1 Å². The molecule has 2 heteroatoms. The van der Waals surface area contributed by atoms with Crippen LogP contribution < -0.4 is 0 Å². The molecule has 0 unspecified atom stereocenters. The molecule has 0 bridgehead atoms. The lowest BCUT2D eigenvalue weighted by Gasteiger charge is -2.12. The van der Waals surface area contributed by atoms with Crippen molar-refractivity contribution in [2.45, 2.75) is 19.8 Å². The molecule has 0 aliphatic carbocycles. The van der Waals surface area contributed by atoms with Crippen molar-refractivity contribution >= 4 is 11.6 Å². The van der Waals surface area contributed by atoms with Gasteiger partial charge in [-0.3, -0.25) is 0 Å². The van der Waals surface area contributed by atoms with Gasteiger partial charge in [-0.2, -0.15) is 0 Å². The molecule has 0 amide bonds. The number of rotatable bonds is 2. The molecule has 0 atom stereocenters. The number of halogens is 2. The second-order valence-corrected chi connectivity index (χ2v) is 4.75. The van der Waals surface area contributed by atoms with E-state index in [-0.39, 0.29) is 11.7 Å². The number of hydrogen-bond acceptors (Lipinski definition) is 0. The second kappa shape index (κ2) is 4.89. The molecule has 0 aliphatic heterocycles. The number of benzene rings is 2. The monoisotopic (exact) mass is 248 g/mol. The standard InChI is InChI=1S/C15H14ClF/c1-10(2)11-7-5-8-13(15(11)17)12-6-3-4-9-14(12)16/h3-10H,1-2H3. The van der Waals surface area contributed by atoms with Crippen molar-refractivity contribution in [1.29, 1.82) is 0 Å². The first-order valence-electron chi connectivity index (χ1n) is 5.64. The third-order valence-electron chi connectivity index (χ3n) is 2.81. The van der Waals surface area contributed by atoms with Gasteiger partial charge in [0.2, 0.25) is 0 Å². The van der Waals surface area contributed by atoms with Crippen LogP contribution in [0.1, 0.15) is 25.3 Å². The zero-order valence-electron chi connectivity index (χ0n) is 9.87. The lowest BCUT2D eigenvalue weighted by atomic mass is 9.96. The van der Waals surface area contributed by atoms with Crippen LogP contribution in [0.5, 0.6) is 0 Å². The first-order chi connectivity index (χ1) is 8.11. The van der Waals surface area contributed by atoms with Crippen molar-refractivity contribution < 1.29 is 4.39 Å². The maximum Gasteiger partial charge on any atom is 0.134 e. The van der Waals surface area contributed by atoms with Crippen molar-refractivity contribution in [3.63, 3.8) is 0 Å². The van der Waals surface area contributed by atoms with Gasteiger partial charge in [-0.15, -0.1) is 0 Å². The summed E-state index contributed by atoms with van der Waals surface area (Å²) >= 11 is 6.10. The zero-order chi connectivity index (χ0) is 12.4. The highest BCUT2D eigenvalue weighted by Crippen LogP contribution is 2.32. The highest BCUT2D eigenvalue weighted by molar-refractivity contribution is 6.33.